The Bertz CT molecular complexity index is 908. The molecule has 1 amide bonds. The molecule has 6 nitrogen and oxygen atoms in total. The zero-order chi connectivity index (χ0) is 19.3. The quantitative estimate of drug-likeness (QED) is 0.689. The van der Waals surface area contributed by atoms with Crippen LogP contribution in [0.3, 0.4) is 0 Å². The van der Waals surface area contributed by atoms with E-state index in [-0.39, 0.29) is 11.8 Å². The molecule has 146 valence electrons. The Morgan fingerprint density at radius 1 is 1.32 bits per heavy atom. The van der Waals surface area contributed by atoms with E-state index in [9.17, 15) is 4.79 Å². The fourth-order valence-electron chi connectivity index (χ4n) is 3.46. The van der Waals surface area contributed by atoms with Gasteiger partial charge < -0.3 is 15.0 Å². The molecule has 0 saturated carbocycles. The lowest BCUT2D eigenvalue weighted by atomic mass is 9.97. The maximum Gasteiger partial charge on any atom is 0.225 e. The fourth-order valence-corrected chi connectivity index (χ4v) is 4.41. The molecule has 1 fully saturated rings. The Labute approximate surface area is 168 Å². The lowest BCUT2D eigenvalue weighted by Crippen LogP contribution is -2.42. The van der Waals surface area contributed by atoms with E-state index in [4.69, 9.17) is 4.74 Å². The first-order chi connectivity index (χ1) is 13.7. The lowest BCUT2D eigenvalue weighted by molar-refractivity contribution is -0.125. The molecule has 0 bridgehead atoms. The summed E-state index contributed by atoms with van der Waals surface area (Å²) in [5.41, 5.74) is 1.99. The standard InChI is InChI=1S/C21H24N4O2S/c1-2-27-17-9-7-15(8-10-17)13-23-19(26)16-5-4-12-25(14-16)21-24-18-6-3-11-22-20(18)28-21/h3,6-11,16H,2,4-5,12-14H2,1H3,(H,23,26)/t16-/m1/s1. The molecule has 1 saturated heterocycles. The van der Waals surface area contributed by atoms with Gasteiger partial charge in [0.05, 0.1) is 12.5 Å². The first-order valence-corrected chi connectivity index (χ1v) is 10.5. The van der Waals surface area contributed by atoms with Crippen LogP contribution < -0.4 is 15.0 Å². The van der Waals surface area contributed by atoms with Gasteiger partial charge in [0.25, 0.3) is 0 Å². The summed E-state index contributed by atoms with van der Waals surface area (Å²) in [5.74, 6) is 0.945. The highest BCUT2D eigenvalue weighted by Crippen LogP contribution is 2.30. The number of nitrogens with one attached hydrogen (secondary N) is 1. The van der Waals surface area contributed by atoms with Crippen LogP contribution in [0.4, 0.5) is 5.13 Å². The molecule has 1 aromatic carbocycles. The number of pyridine rings is 1. The SMILES string of the molecule is CCOc1ccc(CNC(=O)[C@@H]2CCCN(c3nc4cccnc4s3)C2)cc1. The molecule has 0 radical (unpaired) electrons. The Morgan fingerprint density at radius 3 is 2.96 bits per heavy atom. The minimum atomic E-state index is -0.0172. The van der Waals surface area contributed by atoms with Crippen LogP contribution in [-0.4, -0.2) is 35.6 Å². The van der Waals surface area contributed by atoms with Gasteiger partial charge in [-0.25, -0.2) is 9.97 Å². The molecule has 0 spiro atoms. The van der Waals surface area contributed by atoms with Gasteiger partial charge in [-0.2, -0.15) is 0 Å². The van der Waals surface area contributed by atoms with E-state index in [0.29, 0.717) is 19.7 Å². The Hall–Kier alpha value is -2.67. The van der Waals surface area contributed by atoms with Gasteiger partial charge in [-0.3, -0.25) is 4.79 Å². The summed E-state index contributed by atoms with van der Waals surface area (Å²) < 4.78 is 5.45. The number of carbonyl (C=O) groups is 1. The Balaban J connectivity index is 1.35. The number of anilines is 1. The normalized spacial score (nSPS) is 16.9. The number of ether oxygens (including phenoxy) is 1. The van der Waals surface area contributed by atoms with Crippen LogP contribution in [0.15, 0.2) is 42.6 Å². The third kappa shape index (κ3) is 4.25. The van der Waals surface area contributed by atoms with E-state index in [2.05, 4.69) is 20.2 Å². The zero-order valence-corrected chi connectivity index (χ0v) is 16.7. The van der Waals surface area contributed by atoms with Crippen molar-refractivity contribution in [1.29, 1.82) is 0 Å². The van der Waals surface area contributed by atoms with Crippen LogP contribution in [0.5, 0.6) is 5.75 Å². The summed E-state index contributed by atoms with van der Waals surface area (Å²) in [6.45, 7) is 4.79. The summed E-state index contributed by atoms with van der Waals surface area (Å²) in [4.78, 5) is 24.9. The molecule has 0 aliphatic carbocycles. The van der Waals surface area contributed by atoms with Crippen molar-refractivity contribution in [1.82, 2.24) is 15.3 Å². The third-order valence-electron chi connectivity index (χ3n) is 4.92. The second kappa shape index (κ2) is 8.56. The summed E-state index contributed by atoms with van der Waals surface area (Å²) in [5, 5.41) is 4.04. The molecule has 1 aliphatic heterocycles. The highest BCUT2D eigenvalue weighted by Gasteiger charge is 2.27. The topological polar surface area (TPSA) is 67.3 Å². The molecular formula is C21H24N4O2S. The maximum absolute atomic E-state index is 12.7. The number of nitrogens with zero attached hydrogens (tertiary/aromatic N) is 3. The van der Waals surface area contributed by atoms with Gasteiger partial charge in [0, 0.05) is 25.8 Å². The van der Waals surface area contributed by atoms with Crippen LogP contribution in [-0.2, 0) is 11.3 Å². The number of piperidine rings is 1. The molecule has 1 atom stereocenters. The van der Waals surface area contributed by atoms with Gasteiger partial charge in [0.2, 0.25) is 5.91 Å². The predicted octanol–water partition coefficient (Wildman–Crippen LogP) is 3.62. The molecule has 1 aliphatic rings. The van der Waals surface area contributed by atoms with Crippen LogP contribution >= 0.6 is 11.3 Å². The molecular weight excluding hydrogens is 372 g/mol. The molecule has 3 heterocycles. The van der Waals surface area contributed by atoms with E-state index in [1.807, 2.05) is 43.3 Å². The first-order valence-electron chi connectivity index (χ1n) is 9.69. The van der Waals surface area contributed by atoms with Crippen molar-refractivity contribution < 1.29 is 9.53 Å². The number of benzene rings is 1. The van der Waals surface area contributed by atoms with Crippen molar-refractivity contribution in [3.05, 3.63) is 48.2 Å². The molecule has 28 heavy (non-hydrogen) atoms. The number of hydrogen-bond acceptors (Lipinski definition) is 6. The molecule has 4 rings (SSSR count). The molecule has 1 N–H and O–H groups in total. The van der Waals surface area contributed by atoms with Crippen molar-refractivity contribution in [2.24, 2.45) is 5.92 Å². The minimum Gasteiger partial charge on any atom is -0.494 e. The van der Waals surface area contributed by atoms with Crippen molar-refractivity contribution in [3.63, 3.8) is 0 Å². The van der Waals surface area contributed by atoms with Gasteiger partial charge in [-0.15, -0.1) is 0 Å². The molecule has 2 aromatic heterocycles. The Morgan fingerprint density at radius 2 is 2.18 bits per heavy atom. The number of aromatic nitrogens is 2. The smallest absolute Gasteiger partial charge is 0.225 e. The second-order valence-corrected chi connectivity index (χ2v) is 7.86. The third-order valence-corrected chi connectivity index (χ3v) is 5.96. The van der Waals surface area contributed by atoms with Gasteiger partial charge >= 0.3 is 0 Å². The van der Waals surface area contributed by atoms with E-state index in [1.54, 1.807) is 17.5 Å². The number of thiazole rings is 1. The number of fused-ring (bicyclic) bond motifs is 1. The number of hydrogen-bond donors (Lipinski definition) is 1. The number of rotatable bonds is 6. The van der Waals surface area contributed by atoms with Crippen LogP contribution in [0, 0.1) is 5.92 Å². The fraction of sp³-hybridized carbons (Fsp3) is 0.381. The maximum atomic E-state index is 12.7. The average Bonchev–Trinajstić information content (AvgIpc) is 3.18. The largest absolute Gasteiger partial charge is 0.494 e. The summed E-state index contributed by atoms with van der Waals surface area (Å²) in [7, 11) is 0. The minimum absolute atomic E-state index is 0.0172. The summed E-state index contributed by atoms with van der Waals surface area (Å²) >= 11 is 1.59. The van der Waals surface area contributed by atoms with Crippen LogP contribution in [0.1, 0.15) is 25.3 Å². The zero-order valence-electron chi connectivity index (χ0n) is 15.9. The highest BCUT2D eigenvalue weighted by molar-refractivity contribution is 7.21. The molecule has 0 unspecified atom stereocenters. The lowest BCUT2D eigenvalue weighted by Gasteiger charge is -2.31. The first kappa shape index (κ1) is 18.7. The van der Waals surface area contributed by atoms with E-state index in [1.165, 1.54) is 0 Å². The van der Waals surface area contributed by atoms with Crippen molar-refractivity contribution in [2.45, 2.75) is 26.3 Å². The van der Waals surface area contributed by atoms with Crippen molar-refractivity contribution >= 4 is 32.7 Å². The van der Waals surface area contributed by atoms with Gasteiger partial charge in [0.15, 0.2) is 5.13 Å². The van der Waals surface area contributed by atoms with Crippen molar-refractivity contribution in [2.75, 3.05) is 24.6 Å². The number of amides is 1. The van der Waals surface area contributed by atoms with E-state index < -0.39 is 0 Å². The van der Waals surface area contributed by atoms with Crippen LogP contribution in [0.2, 0.25) is 0 Å². The van der Waals surface area contributed by atoms with Crippen molar-refractivity contribution in [3.8, 4) is 5.75 Å². The summed E-state index contributed by atoms with van der Waals surface area (Å²) in [6, 6.07) is 11.7. The predicted molar refractivity (Wildman–Crippen MR) is 112 cm³/mol. The van der Waals surface area contributed by atoms with Gasteiger partial charge in [-0.1, -0.05) is 23.5 Å². The highest BCUT2D eigenvalue weighted by atomic mass is 32.1. The van der Waals surface area contributed by atoms with Gasteiger partial charge in [-0.05, 0) is 49.6 Å². The van der Waals surface area contributed by atoms with Crippen LogP contribution in [0.25, 0.3) is 10.3 Å². The average molecular weight is 397 g/mol. The monoisotopic (exact) mass is 396 g/mol. The molecule has 7 heteroatoms. The van der Waals surface area contributed by atoms with Gasteiger partial charge in [0.1, 0.15) is 16.1 Å². The summed E-state index contributed by atoms with van der Waals surface area (Å²) in [6.07, 6.45) is 3.69. The number of carbonyl (C=O) groups excluding carboxylic acids is 1. The van der Waals surface area contributed by atoms with E-state index in [0.717, 1.165) is 46.2 Å². The van der Waals surface area contributed by atoms with E-state index >= 15 is 0 Å². The Kier molecular flexibility index (Phi) is 5.71. The second-order valence-electron chi connectivity index (χ2n) is 6.90. The molecule has 3 aromatic rings.